The first-order chi connectivity index (χ1) is 15.2. The Kier molecular flexibility index (Phi) is 19.1. The highest BCUT2D eigenvalue weighted by atomic mass is 16.6. The summed E-state index contributed by atoms with van der Waals surface area (Å²) in [5.41, 5.74) is 0. The largest absolute Gasteiger partial charge is 0.453 e. The maximum atomic E-state index is 11.5. The number of carbonyl (C=O) groups excluding carboxylic acids is 1. The Bertz CT molecular complexity index is 1070. The van der Waals surface area contributed by atoms with Crippen LogP contribution in [0.4, 0.5) is 0 Å². The fourth-order valence-corrected chi connectivity index (χ4v) is 1.37. The van der Waals surface area contributed by atoms with Crippen LogP contribution in [0.5, 0.6) is 0 Å². The Balaban J connectivity index is 4.42. The van der Waals surface area contributed by atoms with E-state index in [2.05, 4.69) is 94.7 Å². The highest BCUT2D eigenvalue weighted by Gasteiger charge is 2.12. The van der Waals surface area contributed by atoms with E-state index in [1.165, 1.54) is 0 Å². The molecule has 0 amide bonds. The molecule has 0 rings (SSSR count). The molecule has 1 atom stereocenters. The van der Waals surface area contributed by atoms with Gasteiger partial charge >= 0.3 is 5.97 Å². The lowest BCUT2D eigenvalue weighted by Crippen LogP contribution is -2.28. The standard InChI is InChI=1S/C25H18O6/c1-2-3-4-5-6-7-8-9-10-11-12-13-14-15-16-17-25(28)31-23-24(30-21-19-27)22-29-20-18-26/h24,26-27H,18-23H2,1H3. The molecule has 6 heteroatoms. The first-order valence-corrected chi connectivity index (χ1v) is 8.75. The van der Waals surface area contributed by atoms with Gasteiger partial charge in [0.1, 0.15) is 12.7 Å². The predicted octanol–water partition coefficient (Wildman–Crippen LogP) is -1.04. The lowest BCUT2D eigenvalue weighted by atomic mass is 10.4. The number of hydrogen-bond acceptors (Lipinski definition) is 6. The van der Waals surface area contributed by atoms with Gasteiger partial charge in [0.25, 0.3) is 0 Å². The van der Waals surface area contributed by atoms with E-state index in [1.54, 1.807) is 6.92 Å². The molecule has 0 aromatic carbocycles. The molecule has 1 unspecified atom stereocenters. The smallest absolute Gasteiger partial charge is 0.385 e. The molecular formula is C25H18O6. The maximum Gasteiger partial charge on any atom is 0.385 e. The number of hydrogen-bond donors (Lipinski definition) is 2. The molecule has 0 aromatic heterocycles. The predicted molar refractivity (Wildman–Crippen MR) is 114 cm³/mol. The molecule has 0 radical (unpaired) electrons. The molecule has 0 saturated carbocycles. The maximum absolute atomic E-state index is 11.5. The molecule has 2 N–H and O–H groups in total. The number of esters is 1. The first kappa shape index (κ1) is 26.8. The Labute approximate surface area is 183 Å². The van der Waals surface area contributed by atoms with Gasteiger partial charge < -0.3 is 24.4 Å². The molecular weight excluding hydrogens is 396 g/mol. The van der Waals surface area contributed by atoms with E-state index in [-0.39, 0.29) is 39.6 Å². The lowest BCUT2D eigenvalue weighted by molar-refractivity contribution is -0.143. The number of carbonyl (C=O) groups is 1. The van der Waals surface area contributed by atoms with E-state index < -0.39 is 12.1 Å². The number of aliphatic hydroxyl groups is 2. The zero-order valence-corrected chi connectivity index (χ0v) is 16.8. The van der Waals surface area contributed by atoms with Crippen molar-refractivity contribution in [1.82, 2.24) is 0 Å². The van der Waals surface area contributed by atoms with E-state index in [0.29, 0.717) is 0 Å². The summed E-state index contributed by atoms with van der Waals surface area (Å²) in [6.45, 7) is 1.51. The van der Waals surface area contributed by atoms with Crippen LogP contribution in [-0.4, -0.2) is 61.9 Å². The van der Waals surface area contributed by atoms with Crippen LogP contribution >= 0.6 is 0 Å². The van der Waals surface area contributed by atoms with Crippen molar-refractivity contribution < 1.29 is 29.2 Å². The molecule has 0 aliphatic rings. The van der Waals surface area contributed by atoms with Crippen LogP contribution in [0.25, 0.3) is 0 Å². The summed E-state index contributed by atoms with van der Waals surface area (Å²) in [5, 5.41) is 17.5. The van der Waals surface area contributed by atoms with Gasteiger partial charge in [0.2, 0.25) is 0 Å². The van der Waals surface area contributed by atoms with Crippen LogP contribution in [0.3, 0.4) is 0 Å². The number of ether oxygens (including phenoxy) is 3. The van der Waals surface area contributed by atoms with Gasteiger partial charge in [-0.3, -0.25) is 0 Å². The molecule has 0 aliphatic heterocycles. The molecule has 154 valence electrons. The Morgan fingerprint density at radius 3 is 1.68 bits per heavy atom. The van der Waals surface area contributed by atoms with Gasteiger partial charge in [-0.2, -0.15) is 0 Å². The zero-order chi connectivity index (χ0) is 22.8. The summed E-state index contributed by atoms with van der Waals surface area (Å²) in [4.78, 5) is 11.5. The van der Waals surface area contributed by atoms with Gasteiger partial charge in [-0.25, -0.2) is 4.79 Å². The molecule has 31 heavy (non-hydrogen) atoms. The molecule has 0 aliphatic carbocycles. The van der Waals surface area contributed by atoms with Crippen LogP contribution in [0.15, 0.2) is 0 Å². The van der Waals surface area contributed by atoms with E-state index in [9.17, 15) is 4.79 Å². The molecule has 6 nitrogen and oxygen atoms in total. The third-order valence-electron chi connectivity index (χ3n) is 2.49. The average molecular weight is 414 g/mol. The van der Waals surface area contributed by atoms with Crippen molar-refractivity contribution in [2.45, 2.75) is 13.0 Å². The summed E-state index contributed by atoms with van der Waals surface area (Å²) in [6, 6.07) is 0. The van der Waals surface area contributed by atoms with E-state index in [4.69, 9.17) is 24.4 Å². The van der Waals surface area contributed by atoms with Gasteiger partial charge in [-0.15, -0.1) is 0 Å². The third kappa shape index (κ3) is 20.3. The van der Waals surface area contributed by atoms with Crippen LogP contribution in [0.2, 0.25) is 0 Å². The highest BCUT2D eigenvalue weighted by molar-refractivity contribution is 5.89. The minimum absolute atomic E-state index is 0.0613. The van der Waals surface area contributed by atoms with E-state index >= 15 is 0 Å². The van der Waals surface area contributed by atoms with Gasteiger partial charge in [0, 0.05) is 5.92 Å². The highest BCUT2D eigenvalue weighted by Crippen LogP contribution is 1.96. The molecule has 0 heterocycles. The molecule has 0 saturated heterocycles. The normalized spacial score (nSPS) is 8.10. The van der Waals surface area contributed by atoms with Gasteiger partial charge in [0.05, 0.1) is 33.0 Å². The monoisotopic (exact) mass is 414 g/mol. The fourth-order valence-electron chi connectivity index (χ4n) is 1.37. The molecule has 0 fully saturated rings. The first-order valence-electron chi connectivity index (χ1n) is 8.75. The zero-order valence-electron chi connectivity index (χ0n) is 16.8. The van der Waals surface area contributed by atoms with Crippen molar-refractivity contribution in [2.75, 3.05) is 39.6 Å². The summed E-state index contributed by atoms with van der Waals surface area (Å²) in [7, 11) is 0. The Morgan fingerprint density at radius 1 is 0.710 bits per heavy atom. The van der Waals surface area contributed by atoms with E-state index in [1.807, 2.05) is 0 Å². The molecule has 0 bridgehead atoms. The quantitative estimate of drug-likeness (QED) is 0.217. The number of aliphatic hydroxyl groups excluding tert-OH is 2. The van der Waals surface area contributed by atoms with Crippen molar-refractivity contribution in [1.29, 1.82) is 0 Å². The van der Waals surface area contributed by atoms with Crippen molar-refractivity contribution in [3.05, 3.63) is 0 Å². The lowest BCUT2D eigenvalue weighted by Gasteiger charge is -2.16. The minimum atomic E-state index is -0.801. The SMILES string of the molecule is CC#CC#CC#CC#CC#CC#CC#CC#CC(=O)OCC(COCCO)OCCO. The second-order valence-electron chi connectivity index (χ2n) is 4.74. The van der Waals surface area contributed by atoms with Gasteiger partial charge in [0.15, 0.2) is 0 Å². The average Bonchev–Trinajstić information content (AvgIpc) is 2.78. The van der Waals surface area contributed by atoms with E-state index in [0.717, 1.165) is 0 Å². The molecule has 0 aromatic rings. The second kappa shape index (κ2) is 22.1. The topological polar surface area (TPSA) is 85.2 Å². The summed E-state index contributed by atoms with van der Waals surface area (Å²) in [5.74, 6) is 38.3. The molecule has 0 spiro atoms. The van der Waals surface area contributed by atoms with Crippen molar-refractivity contribution in [3.8, 4) is 94.7 Å². The van der Waals surface area contributed by atoms with Crippen LogP contribution in [-0.2, 0) is 19.0 Å². The fraction of sp³-hybridized carbons (Fsp3) is 0.320. The van der Waals surface area contributed by atoms with Gasteiger partial charge in [-0.05, 0) is 89.8 Å². The number of rotatable bonds is 9. The second-order valence-corrected chi connectivity index (χ2v) is 4.74. The summed E-state index contributed by atoms with van der Waals surface area (Å²) >= 11 is 0. The third-order valence-corrected chi connectivity index (χ3v) is 2.49. The summed E-state index contributed by atoms with van der Waals surface area (Å²) in [6.07, 6.45) is -0.586. The minimum Gasteiger partial charge on any atom is -0.453 e. The van der Waals surface area contributed by atoms with Crippen molar-refractivity contribution in [3.63, 3.8) is 0 Å². The van der Waals surface area contributed by atoms with Crippen molar-refractivity contribution >= 4 is 5.97 Å². The van der Waals surface area contributed by atoms with Crippen LogP contribution < -0.4 is 0 Å². The Hall–Kier alpha value is -4.21. The Morgan fingerprint density at radius 2 is 1.19 bits per heavy atom. The van der Waals surface area contributed by atoms with Crippen LogP contribution in [0.1, 0.15) is 6.92 Å². The van der Waals surface area contributed by atoms with Crippen LogP contribution in [0, 0.1) is 94.7 Å². The van der Waals surface area contributed by atoms with Crippen molar-refractivity contribution in [2.24, 2.45) is 0 Å². The summed E-state index contributed by atoms with van der Waals surface area (Å²) < 4.78 is 15.3. The van der Waals surface area contributed by atoms with Gasteiger partial charge in [-0.1, -0.05) is 5.92 Å².